The number of alkyl halides is 4. The van der Waals surface area contributed by atoms with Gasteiger partial charge in [-0.1, -0.05) is 58.3 Å². The molecular weight excluding hydrogens is 352 g/mol. The summed E-state index contributed by atoms with van der Waals surface area (Å²) in [5.41, 5.74) is 0. The van der Waals surface area contributed by atoms with Gasteiger partial charge in [0.05, 0.1) is 6.61 Å². The molecule has 9 heteroatoms. The minimum absolute atomic E-state index is 0.156. The Balaban J connectivity index is 3.70. The Kier molecular flexibility index (Phi) is 11.1. The van der Waals surface area contributed by atoms with E-state index >= 15 is 0 Å². The van der Waals surface area contributed by atoms with Gasteiger partial charge in [-0.2, -0.15) is 26.0 Å². The fraction of sp³-hybridized carbons (Fsp3) is 1.00. The summed E-state index contributed by atoms with van der Waals surface area (Å²) < 4.78 is 85.7. The maximum Gasteiger partial charge on any atom is 0.431 e. The molecule has 0 bridgehead atoms. The lowest BCUT2D eigenvalue weighted by Crippen LogP contribution is -2.47. The third kappa shape index (κ3) is 8.62. The van der Waals surface area contributed by atoms with Gasteiger partial charge in [-0.3, -0.25) is 4.55 Å². The monoisotopic (exact) mass is 380 g/mol. The van der Waals surface area contributed by atoms with Crippen LogP contribution in [0.25, 0.3) is 0 Å². The van der Waals surface area contributed by atoms with Crippen LogP contribution in [0.5, 0.6) is 0 Å². The lowest BCUT2D eigenvalue weighted by Gasteiger charge is -2.23. The van der Waals surface area contributed by atoms with Crippen LogP contribution in [0.1, 0.15) is 71.1 Å². The molecule has 0 amide bonds. The molecule has 0 radical (unpaired) electrons. The highest BCUT2D eigenvalue weighted by Gasteiger charge is 2.65. The minimum Gasteiger partial charge on any atom is -0.381 e. The number of unbranched alkanes of at least 4 members (excludes halogenated alkanes) is 8. The van der Waals surface area contributed by atoms with E-state index in [1.54, 1.807) is 0 Å². The average molecular weight is 380 g/mol. The van der Waals surface area contributed by atoms with Crippen LogP contribution in [0.4, 0.5) is 17.6 Å². The summed E-state index contributed by atoms with van der Waals surface area (Å²) in [4.78, 5) is 0. The van der Waals surface area contributed by atoms with Gasteiger partial charge in [0.25, 0.3) is 0 Å². The number of halogens is 4. The zero-order chi connectivity index (χ0) is 18.7. The second-order valence-electron chi connectivity index (χ2n) is 5.89. The van der Waals surface area contributed by atoms with E-state index in [1.807, 2.05) is 0 Å². The van der Waals surface area contributed by atoms with Crippen molar-refractivity contribution in [3.05, 3.63) is 0 Å². The summed E-state index contributed by atoms with van der Waals surface area (Å²) in [5, 5.41) is -5.51. The fourth-order valence-corrected chi connectivity index (χ4v) is 2.63. The molecule has 0 fully saturated rings. The van der Waals surface area contributed by atoms with Crippen LogP contribution in [-0.4, -0.2) is 37.4 Å². The molecule has 0 aromatic heterocycles. The lowest BCUT2D eigenvalue weighted by molar-refractivity contribution is -0.170. The molecule has 0 rings (SSSR count). The first-order valence-corrected chi connectivity index (χ1v) is 9.80. The van der Waals surface area contributed by atoms with Gasteiger partial charge in [0.2, 0.25) is 0 Å². The lowest BCUT2D eigenvalue weighted by atomic mass is 10.1. The van der Waals surface area contributed by atoms with Crippen LogP contribution >= 0.6 is 0 Å². The highest BCUT2D eigenvalue weighted by atomic mass is 32.2. The van der Waals surface area contributed by atoms with Crippen molar-refractivity contribution in [3.8, 4) is 0 Å². The third-order valence-electron chi connectivity index (χ3n) is 3.70. The van der Waals surface area contributed by atoms with Crippen LogP contribution in [-0.2, 0) is 14.9 Å². The Morgan fingerprint density at radius 3 is 1.75 bits per heavy atom. The maximum absolute atomic E-state index is 13.1. The molecule has 0 saturated carbocycles. The molecule has 0 aliphatic heterocycles. The van der Waals surface area contributed by atoms with Gasteiger partial charge in [-0.25, -0.2) is 0 Å². The molecule has 0 aliphatic rings. The van der Waals surface area contributed by atoms with E-state index in [0.717, 1.165) is 25.7 Å². The van der Waals surface area contributed by atoms with Crippen molar-refractivity contribution in [1.29, 1.82) is 0 Å². The standard InChI is InChI=1S/C15H28F4O4S/c1-2-3-4-5-6-7-8-9-10-12-23-13-11-14(16,17)15(18,19)24(20,21)22/h2-13H2,1H3,(H,20,21,22). The van der Waals surface area contributed by atoms with E-state index in [4.69, 9.17) is 9.29 Å². The number of hydrogen-bond acceptors (Lipinski definition) is 3. The van der Waals surface area contributed by atoms with Crippen molar-refractivity contribution in [2.24, 2.45) is 0 Å². The molecule has 24 heavy (non-hydrogen) atoms. The molecule has 1 N–H and O–H groups in total. The Hall–Kier alpha value is -0.410. The number of rotatable bonds is 15. The summed E-state index contributed by atoms with van der Waals surface area (Å²) in [6, 6.07) is 0. The van der Waals surface area contributed by atoms with E-state index in [1.165, 1.54) is 25.7 Å². The highest BCUT2D eigenvalue weighted by molar-refractivity contribution is 7.87. The third-order valence-corrected chi connectivity index (χ3v) is 4.65. The van der Waals surface area contributed by atoms with Gasteiger partial charge < -0.3 is 4.74 Å². The molecule has 0 spiro atoms. The Labute approximate surface area is 141 Å². The SMILES string of the molecule is CCCCCCCCCCCOCCC(F)(F)C(F)(F)S(=O)(=O)O. The van der Waals surface area contributed by atoms with Crippen molar-refractivity contribution < 1.29 is 35.3 Å². The smallest absolute Gasteiger partial charge is 0.381 e. The van der Waals surface area contributed by atoms with Gasteiger partial charge in [-0.05, 0) is 6.42 Å². The summed E-state index contributed by atoms with van der Waals surface area (Å²) >= 11 is 0. The quantitative estimate of drug-likeness (QED) is 0.246. The van der Waals surface area contributed by atoms with Gasteiger partial charge in [0, 0.05) is 13.0 Å². The summed E-state index contributed by atoms with van der Waals surface area (Å²) in [6.45, 7) is 1.61. The Bertz CT molecular complexity index is 427. The molecule has 0 aromatic rings. The zero-order valence-electron chi connectivity index (χ0n) is 14.1. The van der Waals surface area contributed by atoms with Crippen LogP contribution in [0.3, 0.4) is 0 Å². The largest absolute Gasteiger partial charge is 0.431 e. The number of ether oxygens (including phenoxy) is 1. The first-order valence-electron chi connectivity index (χ1n) is 8.36. The second-order valence-corrected chi connectivity index (χ2v) is 7.35. The highest BCUT2D eigenvalue weighted by Crippen LogP contribution is 2.40. The van der Waals surface area contributed by atoms with Crippen molar-refractivity contribution in [2.45, 2.75) is 82.3 Å². The number of hydrogen-bond donors (Lipinski definition) is 1. The fourth-order valence-electron chi connectivity index (χ4n) is 2.15. The molecule has 0 atom stereocenters. The second kappa shape index (κ2) is 11.3. The Morgan fingerprint density at radius 1 is 0.833 bits per heavy atom. The average Bonchev–Trinajstić information content (AvgIpc) is 2.47. The van der Waals surface area contributed by atoms with E-state index in [9.17, 15) is 26.0 Å². The van der Waals surface area contributed by atoms with Gasteiger partial charge in [0.1, 0.15) is 0 Å². The molecule has 4 nitrogen and oxygen atoms in total. The van der Waals surface area contributed by atoms with E-state index in [0.29, 0.717) is 6.42 Å². The summed E-state index contributed by atoms with van der Waals surface area (Å²) in [6.07, 6.45) is 8.19. The Morgan fingerprint density at radius 2 is 1.29 bits per heavy atom. The van der Waals surface area contributed by atoms with Crippen molar-refractivity contribution in [2.75, 3.05) is 13.2 Å². The molecule has 0 unspecified atom stereocenters. The van der Waals surface area contributed by atoms with Crippen LogP contribution in [0.15, 0.2) is 0 Å². The van der Waals surface area contributed by atoms with E-state index < -0.39 is 34.3 Å². The zero-order valence-corrected chi connectivity index (χ0v) is 14.9. The van der Waals surface area contributed by atoms with Gasteiger partial charge in [-0.15, -0.1) is 0 Å². The van der Waals surface area contributed by atoms with Crippen LogP contribution in [0, 0.1) is 0 Å². The predicted molar refractivity (Wildman–Crippen MR) is 84.1 cm³/mol. The molecule has 146 valence electrons. The van der Waals surface area contributed by atoms with Crippen molar-refractivity contribution in [3.63, 3.8) is 0 Å². The molecule has 0 heterocycles. The predicted octanol–water partition coefficient (Wildman–Crippen LogP) is 5.04. The van der Waals surface area contributed by atoms with E-state index in [-0.39, 0.29) is 6.61 Å². The maximum atomic E-state index is 13.1. The van der Waals surface area contributed by atoms with E-state index in [2.05, 4.69) is 6.92 Å². The molecule has 0 aromatic carbocycles. The minimum atomic E-state index is -6.17. The molecular formula is C15H28F4O4S. The van der Waals surface area contributed by atoms with Crippen molar-refractivity contribution in [1.82, 2.24) is 0 Å². The van der Waals surface area contributed by atoms with Gasteiger partial charge in [0.15, 0.2) is 0 Å². The first-order chi connectivity index (χ1) is 11.1. The van der Waals surface area contributed by atoms with Crippen LogP contribution < -0.4 is 0 Å². The van der Waals surface area contributed by atoms with Crippen LogP contribution in [0.2, 0.25) is 0 Å². The molecule has 0 aliphatic carbocycles. The molecule has 0 saturated heterocycles. The summed E-state index contributed by atoms with van der Waals surface area (Å²) in [5.74, 6) is -4.88. The summed E-state index contributed by atoms with van der Waals surface area (Å²) in [7, 11) is -6.17. The van der Waals surface area contributed by atoms with Crippen molar-refractivity contribution >= 4 is 10.1 Å². The normalized spacial score (nSPS) is 13.4. The van der Waals surface area contributed by atoms with Gasteiger partial charge >= 0.3 is 21.3 Å². The topological polar surface area (TPSA) is 63.6 Å². The first kappa shape index (κ1) is 23.6.